The van der Waals surface area contributed by atoms with Crippen molar-refractivity contribution in [2.24, 2.45) is 4.99 Å². The summed E-state index contributed by atoms with van der Waals surface area (Å²) in [6, 6.07) is 13.7. The largest absolute Gasteiger partial charge is 0.316 e. The quantitative estimate of drug-likeness (QED) is 0.749. The predicted octanol–water partition coefficient (Wildman–Crippen LogP) is 3.46. The summed E-state index contributed by atoms with van der Waals surface area (Å²) in [6.45, 7) is 6.08. The van der Waals surface area contributed by atoms with Crippen LogP contribution in [0.4, 0.5) is 5.69 Å². The van der Waals surface area contributed by atoms with Crippen molar-refractivity contribution in [3.8, 4) is 0 Å². The lowest BCUT2D eigenvalue weighted by molar-refractivity contribution is -0.117. The first-order valence-corrected chi connectivity index (χ1v) is 12.3. The Balaban J connectivity index is 1.65. The van der Waals surface area contributed by atoms with Gasteiger partial charge in [-0.05, 0) is 49.6 Å². The van der Waals surface area contributed by atoms with Gasteiger partial charge in [-0.25, -0.2) is 8.42 Å². The highest BCUT2D eigenvalue weighted by Gasteiger charge is 2.49. The molecule has 2 aromatic carbocycles. The van der Waals surface area contributed by atoms with E-state index in [1.165, 1.54) is 17.3 Å². The fourth-order valence-electron chi connectivity index (χ4n) is 3.77. The number of benzene rings is 2. The topological polar surface area (TPSA) is 66.8 Å². The second-order valence-corrected chi connectivity index (χ2v) is 11.2. The SMILES string of the molecule is Cc1ccc(CC(=O)N=C2S[C@@H]3CS(=O)(=O)C[C@@H]3N2c2ccc(C)c(C)c2)cc1. The summed E-state index contributed by atoms with van der Waals surface area (Å²) >= 11 is 1.41. The molecule has 0 aliphatic carbocycles. The summed E-state index contributed by atoms with van der Waals surface area (Å²) in [7, 11) is -3.07. The van der Waals surface area contributed by atoms with E-state index in [1.54, 1.807) is 0 Å². The van der Waals surface area contributed by atoms with Gasteiger partial charge in [0.25, 0.3) is 5.91 Å². The number of nitrogens with zero attached hydrogens (tertiary/aromatic N) is 2. The number of amides is 1. The Morgan fingerprint density at radius 2 is 1.79 bits per heavy atom. The zero-order chi connectivity index (χ0) is 20.8. The van der Waals surface area contributed by atoms with Gasteiger partial charge in [-0.2, -0.15) is 4.99 Å². The van der Waals surface area contributed by atoms with Crippen LogP contribution in [0.15, 0.2) is 47.5 Å². The molecule has 2 fully saturated rings. The number of thioether (sulfide) groups is 1. The first kappa shape index (κ1) is 20.2. The lowest BCUT2D eigenvalue weighted by Gasteiger charge is -2.25. The van der Waals surface area contributed by atoms with Gasteiger partial charge in [0.05, 0.1) is 24.0 Å². The van der Waals surface area contributed by atoms with Gasteiger partial charge >= 0.3 is 0 Å². The van der Waals surface area contributed by atoms with Gasteiger partial charge in [-0.15, -0.1) is 0 Å². The third-order valence-electron chi connectivity index (χ3n) is 5.53. The fourth-order valence-corrected chi connectivity index (χ4v) is 7.70. The van der Waals surface area contributed by atoms with Crippen molar-refractivity contribution in [3.05, 3.63) is 64.7 Å². The van der Waals surface area contributed by atoms with Gasteiger partial charge in [0.1, 0.15) is 0 Å². The van der Waals surface area contributed by atoms with Crippen LogP contribution >= 0.6 is 11.8 Å². The van der Waals surface area contributed by atoms with Crippen LogP contribution in [0, 0.1) is 20.8 Å². The summed E-state index contributed by atoms with van der Waals surface area (Å²) in [4.78, 5) is 19.0. The van der Waals surface area contributed by atoms with E-state index < -0.39 is 9.84 Å². The number of rotatable bonds is 3. The number of anilines is 1. The summed E-state index contributed by atoms with van der Waals surface area (Å²) < 4.78 is 24.4. The Bertz CT molecular complexity index is 1090. The maximum atomic E-state index is 12.7. The molecule has 0 spiro atoms. The zero-order valence-corrected chi connectivity index (χ0v) is 18.4. The van der Waals surface area contributed by atoms with Gasteiger partial charge < -0.3 is 4.90 Å². The van der Waals surface area contributed by atoms with Crippen molar-refractivity contribution in [2.45, 2.75) is 38.5 Å². The molecular weight excluding hydrogens is 404 g/mol. The number of sulfone groups is 1. The number of amidine groups is 1. The van der Waals surface area contributed by atoms with Crippen molar-refractivity contribution in [1.29, 1.82) is 0 Å². The van der Waals surface area contributed by atoms with E-state index in [-0.39, 0.29) is 35.1 Å². The van der Waals surface area contributed by atoms with Crippen LogP contribution in [0.25, 0.3) is 0 Å². The molecule has 0 aromatic heterocycles. The minimum Gasteiger partial charge on any atom is -0.316 e. The van der Waals surface area contributed by atoms with Crippen LogP contribution in [0.5, 0.6) is 0 Å². The molecule has 7 heteroatoms. The maximum absolute atomic E-state index is 12.7. The second kappa shape index (κ2) is 7.61. The molecule has 0 saturated carbocycles. The van der Waals surface area contributed by atoms with Gasteiger partial charge in [0, 0.05) is 10.9 Å². The number of carbonyl (C=O) groups is 1. The molecule has 0 unspecified atom stereocenters. The van der Waals surface area contributed by atoms with Gasteiger partial charge in [-0.3, -0.25) is 4.79 Å². The monoisotopic (exact) mass is 428 g/mol. The Labute approximate surface area is 176 Å². The van der Waals surface area contributed by atoms with Crippen LogP contribution in [0.3, 0.4) is 0 Å². The lowest BCUT2D eigenvalue weighted by Crippen LogP contribution is -2.37. The van der Waals surface area contributed by atoms with E-state index in [0.717, 1.165) is 22.4 Å². The molecule has 4 rings (SSSR count). The Morgan fingerprint density at radius 3 is 2.48 bits per heavy atom. The summed E-state index contributed by atoms with van der Waals surface area (Å²) in [5, 5.41) is 0.516. The Morgan fingerprint density at radius 1 is 1.07 bits per heavy atom. The number of carbonyl (C=O) groups excluding carboxylic acids is 1. The van der Waals surface area contributed by atoms with E-state index in [4.69, 9.17) is 0 Å². The smallest absolute Gasteiger partial charge is 0.252 e. The zero-order valence-electron chi connectivity index (χ0n) is 16.8. The van der Waals surface area contributed by atoms with Crippen molar-refractivity contribution < 1.29 is 13.2 Å². The molecule has 152 valence electrons. The van der Waals surface area contributed by atoms with E-state index in [1.807, 2.05) is 68.1 Å². The third-order valence-corrected chi connectivity index (χ3v) is 8.74. The number of aliphatic imine (C=N–C) groups is 1. The van der Waals surface area contributed by atoms with Gasteiger partial charge in [-0.1, -0.05) is 47.7 Å². The number of aryl methyl sites for hydroxylation is 3. The highest BCUT2D eigenvalue weighted by atomic mass is 32.2. The average molecular weight is 429 g/mol. The van der Waals surface area contributed by atoms with Crippen LogP contribution < -0.4 is 4.90 Å². The van der Waals surface area contributed by atoms with Crippen molar-refractivity contribution in [1.82, 2.24) is 0 Å². The minimum atomic E-state index is -3.07. The predicted molar refractivity (Wildman–Crippen MR) is 120 cm³/mol. The summed E-state index contributed by atoms with van der Waals surface area (Å²) in [5.41, 5.74) is 5.27. The van der Waals surface area contributed by atoms with E-state index in [0.29, 0.717) is 5.17 Å². The summed E-state index contributed by atoms with van der Waals surface area (Å²) in [6.07, 6.45) is 0.235. The third kappa shape index (κ3) is 4.26. The van der Waals surface area contributed by atoms with E-state index in [2.05, 4.69) is 4.99 Å². The first-order valence-electron chi connectivity index (χ1n) is 9.62. The molecule has 0 radical (unpaired) electrons. The van der Waals surface area contributed by atoms with E-state index >= 15 is 0 Å². The molecule has 2 aliphatic heterocycles. The Hall–Kier alpha value is -2.12. The normalized spacial score (nSPS) is 24.1. The molecule has 2 saturated heterocycles. The standard InChI is InChI=1S/C22H24N2O3S2/c1-14-4-7-17(8-5-14)11-21(25)23-22-24(18-9-6-15(2)16(3)10-18)19-12-29(26,27)13-20(19)28-22/h4-10,19-20H,11-13H2,1-3H3/t19-,20+/m0/s1. The van der Waals surface area contributed by atoms with Crippen LogP contribution in [0.1, 0.15) is 22.3 Å². The molecule has 2 atom stereocenters. The number of fused-ring (bicyclic) bond motifs is 1. The minimum absolute atomic E-state index is 0.0902. The molecule has 1 amide bonds. The number of hydrogen-bond donors (Lipinski definition) is 0. The highest BCUT2D eigenvalue weighted by Crippen LogP contribution is 2.41. The Kier molecular flexibility index (Phi) is 5.29. The average Bonchev–Trinajstić information content (AvgIpc) is 3.10. The molecular formula is C22H24N2O3S2. The summed E-state index contributed by atoms with van der Waals surface area (Å²) in [5.74, 6) is 0.0189. The van der Waals surface area contributed by atoms with Gasteiger partial charge in [0.15, 0.2) is 15.0 Å². The van der Waals surface area contributed by atoms with E-state index in [9.17, 15) is 13.2 Å². The molecule has 2 aliphatic rings. The van der Waals surface area contributed by atoms with Crippen LogP contribution in [-0.4, -0.2) is 42.3 Å². The fraction of sp³-hybridized carbons (Fsp3) is 0.364. The van der Waals surface area contributed by atoms with Crippen LogP contribution in [0.2, 0.25) is 0 Å². The van der Waals surface area contributed by atoms with Crippen molar-refractivity contribution >= 4 is 38.4 Å². The molecule has 0 N–H and O–H groups in total. The second-order valence-electron chi connectivity index (χ2n) is 7.89. The van der Waals surface area contributed by atoms with Crippen molar-refractivity contribution in [2.75, 3.05) is 16.4 Å². The molecule has 2 aromatic rings. The van der Waals surface area contributed by atoms with Gasteiger partial charge in [0.2, 0.25) is 0 Å². The van der Waals surface area contributed by atoms with Crippen LogP contribution in [-0.2, 0) is 21.1 Å². The van der Waals surface area contributed by atoms with Crippen molar-refractivity contribution in [3.63, 3.8) is 0 Å². The maximum Gasteiger partial charge on any atom is 0.252 e. The molecule has 2 heterocycles. The molecule has 5 nitrogen and oxygen atoms in total. The molecule has 0 bridgehead atoms. The lowest BCUT2D eigenvalue weighted by atomic mass is 10.1. The molecule has 29 heavy (non-hydrogen) atoms. The number of hydrogen-bond acceptors (Lipinski definition) is 4. The first-order chi connectivity index (χ1) is 13.7. The highest BCUT2D eigenvalue weighted by molar-refractivity contribution is 8.16.